The van der Waals surface area contributed by atoms with E-state index < -0.39 is 0 Å². The number of pyridine rings is 1. The van der Waals surface area contributed by atoms with Crippen molar-refractivity contribution in [2.24, 2.45) is 0 Å². The number of H-pyrrole nitrogens is 1. The number of carbonyl (C=O) groups excluding carboxylic acids is 1. The lowest BCUT2D eigenvalue weighted by molar-refractivity contribution is -0.117. The van der Waals surface area contributed by atoms with E-state index in [4.69, 9.17) is 0 Å². The molecule has 5 heteroatoms. The van der Waals surface area contributed by atoms with Crippen molar-refractivity contribution >= 4 is 22.5 Å². The van der Waals surface area contributed by atoms with Gasteiger partial charge in [-0.1, -0.05) is 30.3 Å². The fraction of sp³-hybridized carbons (Fsp3) is 0.130. The minimum absolute atomic E-state index is 0.126. The smallest absolute Gasteiger partial charge is 0.272 e. The van der Waals surface area contributed by atoms with Crippen molar-refractivity contribution in [2.45, 2.75) is 12.8 Å². The van der Waals surface area contributed by atoms with Crippen LogP contribution >= 0.6 is 0 Å². The van der Waals surface area contributed by atoms with Crippen molar-refractivity contribution in [2.75, 3.05) is 11.4 Å². The first-order chi connectivity index (χ1) is 13.7. The molecule has 3 heterocycles. The average Bonchev–Trinajstić information content (AvgIpc) is 3.33. The highest BCUT2D eigenvalue weighted by molar-refractivity contribution is 5.97. The number of aromatic nitrogens is 2. The van der Waals surface area contributed by atoms with Crippen molar-refractivity contribution in [1.29, 1.82) is 0 Å². The van der Waals surface area contributed by atoms with E-state index >= 15 is 0 Å². The Morgan fingerprint density at radius 1 is 0.857 bits per heavy atom. The van der Waals surface area contributed by atoms with E-state index in [1.54, 1.807) is 6.20 Å². The number of nitrogens with zero attached hydrogens (tertiary/aromatic N) is 2. The molecule has 0 spiro atoms. The van der Waals surface area contributed by atoms with Crippen LogP contribution in [0.1, 0.15) is 12.8 Å². The lowest BCUT2D eigenvalue weighted by Gasteiger charge is -2.16. The Balaban J connectivity index is 1.65. The molecule has 1 aliphatic rings. The van der Waals surface area contributed by atoms with Crippen molar-refractivity contribution in [3.05, 3.63) is 83.4 Å². The molecular weight excluding hydrogens is 350 g/mol. The predicted molar refractivity (Wildman–Crippen MR) is 111 cm³/mol. The van der Waals surface area contributed by atoms with Gasteiger partial charge in [-0.3, -0.25) is 9.59 Å². The Labute approximate surface area is 161 Å². The van der Waals surface area contributed by atoms with E-state index in [1.807, 2.05) is 76.3 Å². The average molecular weight is 369 g/mol. The predicted octanol–water partition coefficient (Wildman–Crippen LogP) is 4.11. The molecule has 1 aliphatic heterocycles. The number of amides is 1. The molecule has 1 amide bonds. The fourth-order valence-electron chi connectivity index (χ4n) is 3.96. The Hall–Kier alpha value is -3.60. The minimum Gasteiger partial charge on any atom is -0.327 e. The summed E-state index contributed by atoms with van der Waals surface area (Å²) in [5.74, 6) is 0.168. The van der Waals surface area contributed by atoms with Crippen LogP contribution in [-0.4, -0.2) is 22.0 Å². The zero-order valence-electron chi connectivity index (χ0n) is 15.3. The van der Waals surface area contributed by atoms with Gasteiger partial charge in [0, 0.05) is 47.7 Å². The van der Waals surface area contributed by atoms with Gasteiger partial charge in [0.15, 0.2) is 0 Å². The number of fused-ring (bicyclic) bond motifs is 1. The molecule has 28 heavy (non-hydrogen) atoms. The number of benzene rings is 2. The second kappa shape index (κ2) is 6.53. The molecule has 0 atom stereocenters. The second-order valence-electron chi connectivity index (χ2n) is 7.01. The third-order valence-electron chi connectivity index (χ3n) is 5.32. The van der Waals surface area contributed by atoms with E-state index in [1.165, 1.54) is 0 Å². The van der Waals surface area contributed by atoms with Crippen molar-refractivity contribution < 1.29 is 4.79 Å². The van der Waals surface area contributed by atoms with Crippen molar-refractivity contribution in [1.82, 2.24) is 9.55 Å². The third-order valence-corrected chi connectivity index (χ3v) is 5.32. The first kappa shape index (κ1) is 16.6. The summed E-state index contributed by atoms with van der Waals surface area (Å²) in [6.07, 6.45) is 5.20. The highest BCUT2D eigenvalue weighted by Crippen LogP contribution is 2.31. The van der Waals surface area contributed by atoms with Crippen molar-refractivity contribution in [3.63, 3.8) is 0 Å². The van der Waals surface area contributed by atoms with Crippen LogP contribution in [0.25, 0.3) is 27.7 Å². The zero-order valence-corrected chi connectivity index (χ0v) is 15.3. The monoisotopic (exact) mass is 369 g/mol. The van der Waals surface area contributed by atoms with Crippen LogP contribution in [0.2, 0.25) is 0 Å². The molecular formula is C23H19N3O2. The summed E-state index contributed by atoms with van der Waals surface area (Å²) < 4.78 is 1.92. The van der Waals surface area contributed by atoms with E-state index in [9.17, 15) is 9.59 Å². The molecule has 0 aliphatic carbocycles. The first-order valence-corrected chi connectivity index (χ1v) is 9.41. The molecule has 0 unspecified atom stereocenters. The third kappa shape index (κ3) is 2.63. The van der Waals surface area contributed by atoms with E-state index in [2.05, 4.69) is 4.98 Å². The summed E-state index contributed by atoms with van der Waals surface area (Å²) in [7, 11) is 0. The van der Waals surface area contributed by atoms with E-state index in [0.717, 1.165) is 40.9 Å². The molecule has 1 fully saturated rings. The Morgan fingerprint density at radius 3 is 2.32 bits per heavy atom. The van der Waals surface area contributed by atoms with Crippen LogP contribution in [0, 0.1) is 0 Å². The van der Waals surface area contributed by atoms with Crippen LogP contribution in [0.5, 0.6) is 0 Å². The first-order valence-electron chi connectivity index (χ1n) is 9.41. The van der Waals surface area contributed by atoms with E-state index in [0.29, 0.717) is 11.9 Å². The van der Waals surface area contributed by atoms with Crippen LogP contribution in [0.3, 0.4) is 0 Å². The highest BCUT2D eigenvalue weighted by Gasteiger charge is 2.21. The van der Waals surface area contributed by atoms with Crippen LogP contribution in [0.15, 0.2) is 77.9 Å². The molecule has 0 radical (unpaired) electrons. The summed E-state index contributed by atoms with van der Waals surface area (Å²) in [5, 5.41) is 0.911. The molecule has 2 aromatic heterocycles. The lowest BCUT2D eigenvalue weighted by atomic mass is 10.1. The largest absolute Gasteiger partial charge is 0.327 e. The Morgan fingerprint density at radius 2 is 1.61 bits per heavy atom. The second-order valence-corrected chi connectivity index (χ2v) is 7.01. The molecule has 0 bridgehead atoms. The van der Waals surface area contributed by atoms with E-state index in [-0.39, 0.29) is 11.5 Å². The summed E-state index contributed by atoms with van der Waals surface area (Å²) >= 11 is 0. The topological polar surface area (TPSA) is 58.1 Å². The van der Waals surface area contributed by atoms with Crippen LogP contribution in [0.4, 0.5) is 5.69 Å². The van der Waals surface area contributed by atoms with Gasteiger partial charge in [0.2, 0.25) is 5.91 Å². The highest BCUT2D eigenvalue weighted by atomic mass is 16.2. The number of anilines is 1. The minimum atomic E-state index is -0.126. The maximum absolute atomic E-state index is 12.6. The molecule has 0 saturated carbocycles. The van der Waals surface area contributed by atoms with Gasteiger partial charge in [0.1, 0.15) is 5.52 Å². The summed E-state index contributed by atoms with van der Waals surface area (Å²) in [5.41, 5.74) is 4.36. The number of carbonyl (C=O) groups is 1. The van der Waals surface area contributed by atoms with Gasteiger partial charge in [-0.15, -0.1) is 0 Å². The van der Waals surface area contributed by atoms with Gasteiger partial charge in [0.05, 0.1) is 0 Å². The maximum Gasteiger partial charge on any atom is 0.272 e. The summed E-state index contributed by atoms with van der Waals surface area (Å²) in [4.78, 5) is 29.2. The molecule has 138 valence electrons. The standard InChI is InChI=1S/C23H19N3O2/c27-21-7-4-14-25(21)17-8-10-18(11-9-17)26-15-20(16-5-2-1-3-6-16)19-12-13-24-23(28)22(19)26/h1-3,5-6,8-13,15H,4,7,14H2,(H,24,28). The molecule has 5 rings (SSSR count). The number of hydrogen-bond donors (Lipinski definition) is 1. The lowest BCUT2D eigenvalue weighted by Crippen LogP contribution is -2.23. The summed E-state index contributed by atoms with van der Waals surface area (Å²) in [6, 6.07) is 19.8. The number of rotatable bonds is 3. The van der Waals surface area contributed by atoms with Crippen LogP contribution < -0.4 is 10.5 Å². The van der Waals surface area contributed by atoms with Gasteiger partial charge in [-0.25, -0.2) is 0 Å². The van der Waals surface area contributed by atoms with Crippen LogP contribution in [-0.2, 0) is 4.79 Å². The number of aromatic amines is 1. The maximum atomic E-state index is 12.6. The molecule has 4 aromatic rings. The number of hydrogen-bond acceptors (Lipinski definition) is 2. The number of nitrogens with one attached hydrogen (secondary N) is 1. The SMILES string of the molecule is O=C1CCCN1c1ccc(-n2cc(-c3ccccc3)c3cc[nH]c(=O)c32)cc1. The van der Waals surface area contributed by atoms with Gasteiger partial charge >= 0.3 is 0 Å². The fourth-order valence-corrected chi connectivity index (χ4v) is 3.96. The van der Waals surface area contributed by atoms with Gasteiger partial charge in [-0.05, 0) is 42.3 Å². The quantitative estimate of drug-likeness (QED) is 0.591. The Kier molecular flexibility index (Phi) is 3.86. The van der Waals surface area contributed by atoms with Gasteiger partial charge in [0.25, 0.3) is 5.56 Å². The van der Waals surface area contributed by atoms with Gasteiger partial charge < -0.3 is 14.5 Å². The normalized spacial score (nSPS) is 14.1. The zero-order chi connectivity index (χ0) is 19.1. The Bertz CT molecular complexity index is 1220. The molecule has 1 N–H and O–H groups in total. The van der Waals surface area contributed by atoms with Crippen molar-refractivity contribution in [3.8, 4) is 16.8 Å². The molecule has 5 nitrogen and oxygen atoms in total. The van der Waals surface area contributed by atoms with Gasteiger partial charge in [-0.2, -0.15) is 0 Å². The molecule has 1 saturated heterocycles. The molecule has 2 aromatic carbocycles. The summed E-state index contributed by atoms with van der Waals surface area (Å²) in [6.45, 7) is 0.766.